The van der Waals surface area contributed by atoms with Crippen LogP contribution in [-0.4, -0.2) is 36.1 Å². The number of halogens is 1. The second kappa shape index (κ2) is 7.10. The molecular formula is C14H22FN3S. The summed E-state index contributed by atoms with van der Waals surface area (Å²) in [5.74, 6) is 3.00. The van der Waals surface area contributed by atoms with E-state index in [0.29, 0.717) is 12.6 Å². The molecule has 0 bridgehead atoms. The molecule has 19 heavy (non-hydrogen) atoms. The Hall–Kier alpha value is -0.810. The average molecular weight is 283 g/mol. The van der Waals surface area contributed by atoms with Crippen molar-refractivity contribution in [1.82, 2.24) is 10.3 Å². The monoisotopic (exact) mass is 283 g/mol. The van der Waals surface area contributed by atoms with Crippen molar-refractivity contribution in [3.63, 3.8) is 0 Å². The molecule has 1 saturated heterocycles. The Morgan fingerprint density at radius 3 is 3.11 bits per heavy atom. The quantitative estimate of drug-likeness (QED) is 0.813. The van der Waals surface area contributed by atoms with Crippen LogP contribution >= 0.6 is 11.8 Å². The summed E-state index contributed by atoms with van der Waals surface area (Å²) in [6, 6.07) is 2.12. The van der Waals surface area contributed by atoms with Gasteiger partial charge in [-0.3, -0.25) is 0 Å². The van der Waals surface area contributed by atoms with Crippen molar-refractivity contribution in [1.29, 1.82) is 0 Å². The number of nitrogens with zero attached hydrogens (tertiary/aromatic N) is 2. The van der Waals surface area contributed by atoms with Crippen molar-refractivity contribution >= 4 is 17.6 Å². The largest absolute Gasteiger partial charge is 0.356 e. The third-order valence-electron chi connectivity index (χ3n) is 3.44. The van der Waals surface area contributed by atoms with Gasteiger partial charge < -0.3 is 10.2 Å². The van der Waals surface area contributed by atoms with Gasteiger partial charge in [0, 0.05) is 31.0 Å². The zero-order valence-corrected chi connectivity index (χ0v) is 12.5. The van der Waals surface area contributed by atoms with E-state index in [1.807, 2.05) is 11.8 Å². The molecule has 1 aliphatic rings. The number of rotatable bonds is 6. The lowest BCUT2D eigenvalue weighted by molar-refractivity contribution is 0.606. The average Bonchev–Trinajstić information content (AvgIpc) is 2.92. The van der Waals surface area contributed by atoms with Gasteiger partial charge in [-0.05, 0) is 31.2 Å². The third-order valence-corrected chi connectivity index (χ3v) is 4.58. The summed E-state index contributed by atoms with van der Waals surface area (Å²) in [7, 11) is 2.07. The van der Waals surface area contributed by atoms with Gasteiger partial charge in [0.05, 0.1) is 6.20 Å². The standard InChI is InChI=1S/C14H22FN3S/c1-3-5-16-8-11-7-12(15)9-17-14(11)18(2)13-4-6-19-10-13/h7,9,13,16H,3-6,8,10H2,1-2H3. The van der Waals surface area contributed by atoms with Gasteiger partial charge in [-0.15, -0.1) is 0 Å². The van der Waals surface area contributed by atoms with Crippen LogP contribution in [0.25, 0.3) is 0 Å². The lowest BCUT2D eigenvalue weighted by atomic mass is 10.2. The molecule has 0 radical (unpaired) electrons. The van der Waals surface area contributed by atoms with Crippen molar-refractivity contribution < 1.29 is 4.39 Å². The van der Waals surface area contributed by atoms with E-state index in [1.54, 1.807) is 6.07 Å². The number of pyridine rings is 1. The number of hydrogen-bond donors (Lipinski definition) is 1. The highest BCUT2D eigenvalue weighted by Crippen LogP contribution is 2.27. The Kier molecular flexibility index (Phi) is 5.45. The van der Waals surface area contributed by atoms with Crippen LogP contribution in [0.3, 0.4) is 0 Å². The van der Waals surface area contributed by atoms with E-state index < -0.39 is 0 Å². The minimum absolute atomic E-state index is 0.258. The van der Waals surface area contributed by atoms with E-state index >= 15 is 0 Å². The fourth-order valence-electron chi connectivity index (χ4n) is 2.32. The summed E-state index contributed by atoms with van der Waals surface area (Å²) in [4.78, 5) is 6.51. The predicted molar refractivity (Wildman–Crippen MR) is 80.3 cm³/mol. The number of hydrogen-bond acceptors (Lipinski definition) is 4. The van der Waals surface area contributed by atoms with E-state index in [4.69, 9.17) is 0 Å². The third kappa shape index (κ3) is 3.83. The maximum absolute atomic E-state index is 13.4. The minimum atomic E-state index is -0.258. The Morgan fingerprint density at radius 1 is 1.58 bits per heavy atom. The van der Waals surface area contributed by atoms with Gasteiger partial charge in [-0.1, -0.05) is 6.92 Å². The Labute approximate surface area is 119 Å². The van der Waals surface area contributed by atoms with Crippen LogP contribution in [0.15, 0.2) is 12.3 Å². The zero-order chi connectivity index (χ0) is 13.7. The van der Waals surface area contributed by atoms with Crippen LogP contribution in [0, 0.1) is 5.82 Å². The molecule has 2 rings (SSSR count). The normalized spacial score (nSPS) is 18.8. The highest BCUT2D eigenvalue weighted by molar-refractivity contribution is 7.99. The summed E-state index contributed by atoms with van der Waals surface area (Å²) in [5, 5.41) is 3.33. The summed E-state index contributed by atoms with van der Waals surface area (Å²) < 4.78 is 13.4. The summed E-state index contributed by atoms with van der Waals surface area (Å²) in [6.07, 6.45) is 3.58. The van der Waals surface area contributed by atoms with Crippen LogP contribution in [0.1, 0.15) is 25.3 Å². The van der Waals surface area contributed by atoms with E-state index in [2.05, 4.69) is 29.2 Å². The van der Waals surface area contributed by atoms with E-state index in [9.17, 15) is 4.39 Å². The van der Waals surface area contributed by atoms with Crippen LogP contribution in [0.4, 0.5) is 10.2 Å². The zero-order valence-electron chi connectivity index (χ0n) is 11.7. The molecule has 1 aromatic rings. The van der Waals surface area contributed by atoms with Crippen LogP contribution in [0.5, 0.6) is 0 Å². The maximum atomic E-state index is 13.4. The number of nitrogens with one attached hydrogen (secondary N) is 1. The van der Waals surface area contributed by atoms with Gasteiger partial charge in [0.25, 0.3) is 0 Å². The van der Waals surface area contributed by atoms with Gasteiger partial charge in [-0.25, -0.2) is 9.37 Å². The molecule has 5 heteroatoms. The Balaban J connectivity index is 2.12. The van der Waals surface area contributed by atoms with Gasteiger partial charge in [-0.2, -0.15) is 11.8 Å². The van der Waals surface area contributed by atoms with Gasteiger partial charge in [0.2, 0.25) is 0 Å². The van der Waals surface area contributed by atoms with Crippen LogP contribution in [0.2, 0.25) is 0 Å². The summed E-state index contributed by atoms with van der Waals surface area (Å²) >= 11 is 1.98. The van der Waals surface area contributed by atoms with Gasteiger partial charge in [0.1, 0.15) is 11.6 Å². The molecule has 0 spiro atoms. The summed E-state index contributed by atoms with van der Waals surface area (Å²) in [6.45, 7) is 3.75. The van der Waals surface area contributed by atoms with Crippen molar-refractivity contribution in [3.05, 3.63) is 23.6 Å². The molecule has 0 aliphatic carbocycles. The highest BCUT2D eigenvalue weighted by Gasteiger charge is 2.23. The van der Waals surface area contributed by atoms with Crippen molar-refractivity contribution in [2.45, 2.75) is 32.4 Å². The van der Waals surface area contributed by atoms with Gasteiger partial charge >= 0.3 is 0 Å². The maximum Gasteiger partial charge on any atom is 0.141 e. The smallest absolute Gasteiger partial charge is 0.141 e. The summed E-state index contributed by atoms with van der Waals surface area (Å²) in [5.41, 5.74) is 0.952. The molecule has 0 saturated carbocycles. The molecule has 0 aromatic carbocycles. The Bertz CT molecular complexity index is 408. The first-order chi connectivity index (χ1) is 9.22. The highest BCUT2D eigenvalue weighted by atomic mass is 32.2. The van der Waals surface area contributed by atoms with Crippen molar-refractivity contribution in [2.75, 3.05) is 30.0 Å². The fraction of sp³-hybridized carbons (Fsp3) is 0.643. The SMILES string of the molecule is CCCNCc1cc(F)cnc1N(C)C1CCSC1. The van der Waals surface area contributed by atoms with Gasteiger partial charge in [0.15, 0.2) is 0 Å². The first-order valence-electron chi connectivity index (χ1n) is 6.88. The molecule has 1 N–H and O–H groups in total. The number of anilines is 1. The van der Waals surface area contributed by atoms with Crippen molar-refractivity contribution in [2.24, 2.45) is 0 Å². The molecule has 1 aliphatic heterocycles. The van der Waals surface area contributed by atoms with E-state index in [0.717, 1.165) is 30.1 Å². The lowest BCUT2D eigenvalue weighted by Gasteiger charge is -2.27. The molecule has 106 valence electrons. The second-order valence-electron chi connectivity index (χ2n) is 4.94. The molecule has 1 atom stereocenters. The predicted octanol–water partition coefficient (Wildman–Crippen LogP) is 2.66. The minimum Gasteiger partial charge on any atom is -0.356 e. The topological polar surface area (TPSA) is 28.2 Å². The molecule has 1 unspecified atom stereocenters. The Morgan fingerprint density at radius 2 is 2.42 bits per heavy atom. The van der Waals surface area contributed by atoms with E-state index in [-0.39, 0.29) is 5.82 Å². The van der Waals surface area contributed by atoms with E-state index in [1.165, 1.54) is 18.4 Å². The van der Waals surface area contributed by atoms with Crippen LogP contribution < -0.4 is 10.2 Å². The molecule has 2 heterocycles. The molecular weight excluding hydrogens is 261 g/mol. The second-order valence-corrected chi connectivity index (χ2v) is 6.09. The molecule has 1 fully saturated rings. The fourth-order valence-corrected chi connectivity index (χ4v) is 3.59. The van der Waals surface area contributed by atoms with Crippen molar-refractivity contribution in [3.8, 4) is 0 Å². The number of thioether (sulfide) groups is 1. The number of aromatic nitrogens is 1. The van der Waals surface area contributed by atoms with Crippen LogP contribution in [-0.2, 0) is 6.54 Å². The molecule has 1 aromatic heterocycles. The first-order valence-corrected chi connectivity index (χ1v) is 8.03. The molecule has 0 amide bonds. The first kappa shape index (κ1) is 14.6. The molecule has 3 nitrogen and oxygen atoms in total. The lowest BCUT2D eigenvalue weighted by Crippen LogP contribution is -2.33.